The van der Waals surface area contributed by atoms with Crippen molar-refractivity contribution in [3.8, 4) is 11.5 Å². The zero-order valence-electron chi connectivity index (χ0n) is 11.9. The molecule has 1 aliphatic rings. The van der Waals surface area contributed by atoms with Gasteiger partial charge in [-0.2, -0.15) is 0 Å². The van der Waals surface area contributed by atoms with E-state index in [9.17, 15) is 0 Å². The summed E-state index contributed by atoms with van der Waals surface area (Å²) in [5, 5.41) is 0. The number of hydrogen-bond donors (Lipinski definition) is 0. The standard InChI is InChI=1S/C15H22O4/c1-4-15(18-10-11-19-15)12-8-7-9-13(16-5-2)14(12)17-6-3/h7-9H,4-6,10-11H2,1-3H3. The summed E-state index contributed by atoms with van der Waals surface area (Å²) in [7, 11) is 0. The Morgan fingerprint density at radius 1 is 1.05 bits per heavy atom. The van der Waals surface area contributed by atoms with Crippen molar-refractivity contribution in [3.63, 3.8) is 0 Å². The molecule has 1 aromatic carbocycles. The van der Waals surface area contributed by atoms with Gasteiger partial charge in [-0.25, -0.2) is 0 Å². The highest BCUT2D eigenvalue weighted by Gasteiger charge is 2.40. The highest BCUT2D eigenvalue weighted by Crippen LogP contribution is 2.43. The topological polar surface area (TPSA) is 36.9 Å². The van der Waals surface area contributed by atoms with Crippen LogP contribution in [0.5, 0.6) is 11.5 Å². The molecule has 0 radical (unpaired) electrons. The maximum atomic E-state index is 5.84. The largest absolute Gasteiger partial charge is 0.490 e. The first kappa shape index (κ1) is 14.2. The van der Waals surface area contributed by atoms with Crippen LogP contribution in [0, 0.1) is 0 Å². The summed E-state index contributed by atoms with van der Waals surface area (Å²) in [6.07, 6.45) is 0.739. The molecule has 0 aromatic heterocycles. The molecular weight excluding hydrogens is 244 g/mol. The van der Waals surface area contributed by atoms with E-state index in [1.165, 1.54) is 0 Å². The van der Waals surface area contributed by atoms with E-state index in [-0.39, 0.29) is 0 Å². The Bertz CT molecular complexity index is 411. The second-order valence-electron chi connectivity index (χ2n) is 4.30. The van der Waals surface area contributed by atoms with Crippen LogP contribution in [0.25, 0.3) is 0 Å². The summed E-state index contributed by atoms with van der Waals surface area (Å²) in [5.41, 5.74) is 0.917. The van der Waals surface area contributed by atoms with Gasteiger partial charge in [0.2, 0.25) is 0 Å². The van der Waals surface area contributed by atoms with Crippen LogP contribution in [0.3, 0.4) is 0 Å². The molecule has 1 heterocycles. The minimum absolute atomic E-state index is 0.580. The lowest BCUT2D eigenvalue weighted by Gasteiger charge is -2.29. The molecule has 0 unspecified atom stereocenters. The van der Waals surface area contributed by atoms with Gasteiger partial charge in [0.15, 0.2) is 17.3 Å². The summed E-state index contributed by atoms with van der Waals surface area (Å²) in [6, 6.07) is 5.85. The highest BCUT2D eigenvalue weighted by molar-refractivity contribution is 5.49. The van der Waals surface area contributed by atoms with Crippen molar-refractivity contribution < 1.29 is 18.9 Å². The Morgan fingerprint density at radius 2 is 1.74 bits per heavy atom. The Morgan fingerprint density at radius 3 is 2.32 bits per heavy atom. The van der Waals surface area contributed by atoms with E-state index in [2.05, 4.69) is 0 Å². The van der Waals surface area contributed by atoms with Crippen molar-refractivity contribution in [2.75, 3.05) is 26.4 Å². The normalized spacial score (nSPS) is 17.4. The average molecular weight is 266 g/mol. The van der Waals surface area contributed by atoms with Gasteiger partial charge < -0.3 is 18.9 Å². The SMILES string of the molecule is CCOc1cccc(C2(CC)OCCO2)c1OCC. The van der Waals surface area contributed by atoms with Gasteiger partial charge in [-0.15, -0.1) is 0 Å². The molecule has 4 nitrogen and oxygen atoms in total. The van der Waals surface area contributed by atoms with Crippen molar-refractivity contribution >= 4 is 0 Å². The highest BCUT2D eigenvalue weighted by atomic mass is 16.7. The first-order chi connectivity index (χ1) is 9.27. The van der Waals surface area contributed by atoms with E-state index in [1.54, 1.807) is 0 Å². The van der Waals surface area contributed by atoms with Crippen LogP contribution >= 0.6 is 0 Å². The molecule has 0 atom stereocenters. The predicted molar refractivity (Wildman–Crippen MR) is 72.7 cm³/mol. The van der Waals surface area contributed by atoms with Crippen molar-refractivity contribution in [1.82, 2.24) is 0 Å². The third kappa shape index (κ3) is 2.69. The average Bonchev–Trinajstić information content (AvgIpc) is 2.91. The van der Waals surface area contributed by atoms with Gasteiger partial charge >= 0.3 is 0 Å². The third-order valence-corrected chi connectivity index (χ3v) is 3.20. The number of benzene rings is 1. The molecule has 2 rings (SSSR count). The van der Waals surface area contributed by atoms with Gasteiger partial charge in [0.05, 0.1) is 32.0 Å². The first-order valence-electron chi connectivity index (χ1n) is 6.94. The third-order valence-electron chi connectivity index (χ3n) is 3.20. The van der Waals surface area contributed by atoms with Crippen molar-refractivity contribution in [1.29, 1.82) is 0 Å². The van der Waals surface area contributed by atoms with Gasteiger partial charge in [-0.05, 0) is 26.0 Å². The quantitative estimate of drug-likeness (QED) is 0.793. The van der Waals surface area contributed by atoms with Crippen LogP contribution in [-0.4, -0.2) is 26.4 Å². The first-order valence-corrected chi connectivity index (χ1v) is 6.94. The summed E-state index contributed by atoms with van der Waals surface area (Å²) in [4.78, 5) is 0. The fourth-order valence-corrected chi connectivity index (χ4v) is 2.38. The maximum absolute atomic E-state index is 5.84. The molecule has 0 spiro atoms. The van der Waals surface area contributed by atoms with Gasteiger partial charge in [0, 0.05) is 6.42 Å². The summed E-state index contributed by atoms with van der Waals surface area (Å²) in [6.45, 7) is 8.37. The van der Waals surface area contributed by atoms with Crippen LogP contribution in [0.15, 0.2) is 18.2 Å². The van der Waals surface area contributed by atoms with Crippen LogP contribution in [0.1, 0.15) is 32.8 Å². The van der Waals surface area contributed by atoms with Crippen LogP contribution < -0.4 is 9.47 Å². The van der Waals surface area contributed by atoms with Gasteiger partial charge in [0.25, 0.3) is 0 Å². The minimum Gasteiger partial charge on any atom is -0.490 e. The summed E-state index contributed by atoms with van der Waals surface area (Å²) >= 11 is 0. The lowest BCUT2D eigenvalue weighted by Crippen LogP contribution is -2.27. The smallest absolute Gasteiger partial charge is 0.198 e. The number of ether oxygens (including phenoxy) is 4. The van der Waals surface area contributed by atoms with Crippen molar-refractivity contribution in [3.05, 3.63) is 23.8 Å². The second kappa shape index (κ2) is 6.26. The molecule has 0 saturated carbocycles. The van der Waals surface area contributed by atoms with Crippen LogP contribution in [-0.2, 0) is 15.3 Å². The second-order valence-corrected chi connectivity index (χ2v) is 4.30. The number of para-hydroxylation sites is 1. The van der Waals surface area contributed by atoms with E-state index in [1.807, 2.05) is 39.0 Å². The zero-order chi connectivity index (χ0) is 13.7. The number of hydrogen-bond acceptors (Lipinski definition) is 4. The fourth-order valence-electron chi connectivity index (χ4n) is 2.38. The molecule has 0 N–H and O–H groups in total. The van der Waals surface area contributed by atoms with E-state index in [4.69, 9.17) is 18.9 Å². The maximum Gasteiger partial charge on any atom is 0.198 e. The molecule has 0 amide bonds. The van der Waals surface area contributed by atoms with Gasteiger partial charge in [0.1, 0.15) is 0 Å². The van der Waals surface area contributed by atoms with Gasteiger partial charge in [-0.1, -0.05) is 13.0 Å². The Kier molecular flexibility index (Phi) is 4.66. The van der Waals surface area contributed by atoms with E-state index in [0.29, 0.717) is 26.4 Å². The molecule has 19 heavy (non-hydrogen) atoms. The molecule has 1 aromatic rings. The summed E-state index contributed by atoms with van der Waals surface area (Å²) in [5.74, 6) is 0.779. The minimum atomic E-state index is -0.697. The fraction of sp³-hybridized carbons (Fsp3) is 0.600. The summed E-state index contributed by atoms with van der Waals surface area (Å²) < 4.78 is 23.1. The lowest BCUT2D eigenvalue weighted by atomic mass is 10.0. The zero-order valence-corrected chi connectivity index (χ0v) is 11.9. The molecule has 0 bridgehead atoms. The Labute approximate surface area is 114 Å². The van der Waals surface area contributed by atoms with E-state index in [0.717, 1.165) is 23.5 Å². The molecule has 1 fully saturated rings. The molecule has 1 aliphatic heterocycles. The molecule has 1 saturated heterocycles. The Balaban J connectivity index is 2.45. The van der Waals surface area contributed by atoms with Gasteiger partial charge in [-0.3, -0.25) is 0 Å². The lowest BCUT2D eigenvalue weighted by molar-refractivity contribution is -0.168. The van der Waals surface area contributed by atoms with Crippen molar-refractivity contribution in [2.45, 2.75) is 33.0 Å². The van der Waals surface area contributed by atoms with Crippen LogP contribution in [0.4, 0.5) is 0 Å². The monoisotopic (exact) mass is 266 g/mol. The number of rotatable bonds is 6. The molecule has 0 aliphatic carbocycles. The van der Waals surface area contributed by atoms with Crippen LogP contribution in [0.2, 0.25) is 0 Å². The molecule has 4 heteroatoms. The Hall–Kier alpha value is -1.26. The van der Waals surface area contributed by atoms with Crippen molar-refractivity contribution in [2.24, 2.45) is 0 Å². The van der Waals surface area contributed by atoms with E-state index >= 15 is 0 Å². The predicted octanol–water partition coefficient (Wildman–Crippen LogP) is 3.09. The molecular formula is C15H22O4. The van der Waals surface area contributed by atoms with E-state index < -0.39 is 5.79 Å². The molecule has 106 valence electrons.